The van der Waals surface area contributed by atoms with Crippen molar-refractivity contribution in [3.63, 3.8) is 0 Å². The predicted octanol–water partition coefficient (Wildman–Crippen LogP) is 2.28. The minimum atomic E-state index is -0.165. The molecule has 0 unspecified atom stereocenters. The molecule has 1 N–H and O–H groups in total. The second-order valence-electron chi connectivity index (χ2n) is 3.37. The van der Waals surface area contributed by atoms with Crippen molar-refractivity contribution in [2.75, 3.05) is 19.0 Å². The maximum Gasteiger partial charge on any atom is 0.315 e. The zero-order valence-corrected chi connectivity index (χ0v) is 11.9. The van der Waals surface area contributed by atoms with E-state index >= 15 is 0 Å². The van der Waals surface area contributed by atoms with E-state index in [4.69, 9.17) is 9.84 Å². The number of carbonyl (C=O) groups is 1. The summed E-state index contributed by atoms with van der Waals surface area (Å²) in [4.78, 5) is 12.3. The number of aliphatic hydroxyl groups is 1. The third kappa shape index (κ3) is 6.10. The molecule has 5 heteroatoms. The van der Waals surface area contributed by atoms with Crippen LogP contribution in [0.15, 0.2) is 11.4 Å². The van der Waals surface area contributed by atoms with Gasteiger partial charge < -0.3 is 9.84 Å². The van der Waals surface area contributed by atoms with E-state index in [9.17, 15) is 4.79 Å². The van der Waals surface area contributed by atoms with E-state index in [1.165, 1.54) is 4.88 Å². The van der Waals surface area contributed by atoms with Gasteiger partial charge in [0, 0.05) is 28.0 Å². The van der Waals surface area contributed by atoms with Crippen LogP contribution in [0.3, 0.4) is 0 Å². The quantitative estimate of drug-likeness (QED) is 0.643. The van der Waals surface area contributed by atoms with Crippen molar-refractivity contribution >= 4 is 29.1 Å². The molecular weight excluding hydrogens is 268 g/mol. The highest BCUT2D eigenvalue weighted by Crippen LogP contribution is 2.20. The molecule has 1 rings (SSSR count). The Morgan fingerprint density at radius 2 is 2.44 bits per heavy atom. The number of aliphatic hydroxyl groups excluding tert-OH is 1. The molecule has 0 aliphatic heterocycles. The van der Waals surface area contributed by atoms with Crippen molar-refractivity contribution in [3.05, 3.63) is 21.9 Å². The molecule has 3 nitrogen and oxygen atoms in total. The van der Waals surface area contributed by atoms with E-state index in [1.807, 2.05) is 11.4 Å². The van der Waals surface area contributed by atoms with Gasteiger partial charge in [0.2, 0.25) is 0 Å². The molecule has 1 aromatic heterocycles. The van der Waals surface area contributed by atoms with Crippen LogP contribution in [0.1, 0.15) is 23.8 Å². The molecule has 0 aliphatic carbocycles. The second-order valence-corrected chi connectivity index (χ2v) is 5.36. The molecule has 0 atom stereocenters. The first-order valence-electron chi connectivity index (χ1n) is 5.66. The van der Waals surface area contributed by atoms with Gasteiger partial charge in [-0.05, 0) is 13.0 Å². The summed E-state index contributed by atoms with van der Waals surface area (Å²) in [6.07, 6.45) is 0.503. The fourth-order valence-electron chi connectivity index (χ4n) is 1.18. The van der Waals surface area contributed by atoms with Gasteiger partial charge >= 0.3 is 5.97 Å². The van der Waals surface area contributed by atoms with Gasteiger partial charge in [-0.1, -0.05) is 11.8 Å². The number of thioether (sulfide) groups is 1. The van der Waals surface area contributed by atoms with Crippen LogP contribution in [0.5, 0.6) is 0 Å². The minimum Gasteiger partial charge on any atom is -0.465 e. The van der Waals surface area contributed by atoms with Crippen molar-refractivity contribution < 1.29 is 14.6 Å². The van der Waals surface area contributed by atoms with Crippen LogP contribution in [-0.2, 0) is 15.3 Å². The van der Waals surface area contributed by atoms with Gasteiger partial charge in [-0.3, -0.25) is 4.79 Å². The molecule has 0 saturated heterocycles. The molecule has 0 radical (unpaired) electrons. The highest BCUT2D eigenvalue weighted by molar-refractivity contribution is 7.99. The zero-order valence-electron chi connectivity index (χ0n) is 10.3. The first-order valence-corrected chi connectivity index (χ1v) is 7.70. The van der Waals surface area contributed by atoms with Crippen molar-refractivity contribution in [2.24, 2.45) is 0 Å². The lowest BCUT2D eigenvalue weighted by Crippen LogP contribution is -2.06. The van der Waals surface area contributed by atoms with Crippen LogP contribution >= 0.6 is 23.1 Å². The summed E-state index contributed by atoms with van der Waals surface area (Å²) in [5, 5.41) is 10.6. The average Bonchev–Trinajstić information content (AvgIpc) is 2.78. The Morgan fingerprint density at radius 1 is 1.61 bits per heavy atom. The molecule has 0 aromatic carbocycles. The molecule has 0 bridgehead atoms. The van der Waals surface area contributed by atoms with E-state index in [0.29, 0.717) is 18.8 Å². The number of hydrogen-bond donors (Lipinski definition) is 1. The number of esters is 1. The first-order chi connectivity index (χ1) is 8.76. The molecule has 0 saturated carbocycles. The van der Waals surface area contributed by atoms with Crippen LogP contribution < -0.4 is 0 Å². The summed E-state index contributed by atoms with van der Waals surface area (Å²) in [5.41, 5.74) is 0.972. The van der Waals surface area contributed by atoms with Gasteiger partial charge in [-0.2, -0.15) is 0 Å². The Labute approximate surface area is 116 Å². The lowest BCUT2D eigenvalue weighted by Gasteiger charge is -2.00. The van der Waals surface area contributed by atoms with E-state index < -0.39 is 0 Å². The van der Waals surface area contributed by atoms with Crippen molar-refractivity contribution in [3.8, 4) is 11.8 Å². The van der Waals surface area contributed by atoms with Crippen LogP contribution in [0.2, 0.25) is 0 Å². The second kappa shape index (κ2) is 9.03. The number of rotatable bonds is 6. The molecule has 0 spiro atoms. The molecule has 98 valence electrons. The molecule has 1 aromatic rings. The van der Waals surface area contributed by atoms with E-state index in [2.05, 4.69) is 11.8 Å². The molecule has 18 heavy (non-hydrogen) atoms. The standard InChI is InChI=1S/C13H16O3S2/c1-2-16-13(15)10-17-9-12-7-11(8-18-12)5-3-4-6-14/h7-8,14H,2,4,6,9-10H2,1H3. The maximum absolute atomic E-state index is 11.1. The Balaban J connectivity index is 2.32. The van der Waals surface area contributed by atoms with Crippen molar-refractivity contribution in [1.82, 2.24) is 0 Å². The van der Waals surface area contributed by atoms with Crippen LogP contribution in [0.4, 0.5) is 0 Å². The number of carbonyl (C=O) groups excluding carboxylic acids is 1. The van der Waals surface area contributed by atoms with E-state index in [0.717, 1.165) is 11.3 Å². The molecule has 0 amide bonds. The minimum absolute atomic E-state index is 0.0966. The van der Waals surface area contributed by atoms with Crippen molar-refractivity contribution in [1.29, 1.82) is 0 Å². The summed E-state index contributed by atoms with van der Waals surface area (Å²) < 4.78 is 4.85. The van der Waals surface area contributed by atoms with E-state index in [1.54, 1.807) is 30.0 Å². The van der Waals surface area contributed by atoms with Gasteiger partial charge in [0.15, 0.2) is 0 Å². The van der Waals surface area contributed by atoms with Gasteiger partial charge in [-0.25, -0.2) is 0 Å². The monoisotopic (exact) mass is 284 g/mol. The normalized spacial score (nSPS) is 9.67. The zero-order chi connectivity index (χ0) is 13.2. The maximum atomic E-state index is 11.1. The van der Waals surface area contributed by atoms with Crippen LogP contribution in [-0.4, -0.2) is 30.0 Å². The van der Waals surface area contributed by atoms with E-state index in [-0.39, 0.29) is 12.6 Å². The van der Waals surface area contributed by atoms with Gasteiger partial charge in [0.05, 0.1) is 19.0 Å². The number of thiophene rings is 1. The van der Waals surface area contributed by atoms with Gasteiger partial charge in [-0.15, -0.1) is 23.1 Å². The molecular formula is C13H16O3S2. The largest absolute Gasteiger partial charge is 0.465 e. The van der Waals surface area contributed by atoms with Crippen LogP contribution in [0.25, 0.3) is 0 Å². The summed E-state index contributed by atoms with van der Waals surface area (Å²) >= 11 is 3.18. The smallest absolute Gasteiger partial charge is 0.315 e. The topological polar surface area (TPSA) is 46.5 Å². The molecule has 0 aliphatic rings. The van der Waals surface area contributed by atoms with Crippen molar-refractivity contribution in [2.45, 2.75) is 19.1 Å². The third-order valence-corrected chi connectivity index (χ3v) is 3.97. The lowest BCUT2D eigenvalue weighted by molar-refractivity contribution is -0.139. The average molecular weight is 284 g/mol. The molecule has 0 fully saturated rings. The number of ether oxygens (including phenoxy) is 1. The summed E-state index contributed by atoms with van der Waals surface area (Å²) in [6.45, 7) is 2.33. The Kier molecular flexibility index (Phi) is 7.58. The first kappa shape index (κ1) is 15.1. The molecule has 1 heterocycles. The Morgan fingerprint density at radius 3 is 3.17 bits per heavy atom. The Bertz CT molecular complexity index is 429. The fraction of sp³-hybridized carbons (Fsp3) is 0.462. The summed E-state index contributed by atoms with van der Waals surface area (Å²) in [7, 11) is 0. The lowest BCUT2D eigenvalue weighted by atomic mass is 10.3. The Hall–Kier alpha value is -0.960. The highest BCUT2D eigenvalue weighted by Gasteiger charge is 2.03. The third-order valence-electron chi connectivity index (χ3n) is 1.89. The fourth-order valence-corrected chi connectivity index (χ4v) is 2.94. The SMILES string of the molecule is CCOC(=O)CSCc1cc(C#CCCO)cs1. The van der Waals surface area contributed by atoms with Gasteiger partial charge in [0.25, 0.3) is 0 Å². The highest BCUT2D eigenvalue weighted by atomic mass is 32.2. The van der Waals surface area contributed by atoms with Gasteiger partial charge in [0.1, 0.15) is 0 Å². The summed E-state index contributed by atoms with van der Waals surface area (Å²) in [6, 6.07) is 2.02. The van der Waals surface area contributed by atoms with Crippen LogP contribution in [0, 0.1) is 11.8 Å². The number of hydrogen-bond acceptors (Lipinski definition) is 5. The summed E-state index contributed by atoms with van der Waals surface area (Å²) in [5.74, 6) is 6.88. The predicted molar refractivity (Wildman–Crippen MR) is 75.7 cm³/mol.